The van der Waals surface area contributed by atoms with E-state index in [1.807, 2.05) is 68.6 Å². The molecule has 2 N–H and O–H groups in total. The molecule has 0 aromatic heterocycles. The smallest absolute Gasteiger partial charge is 0.268 e. The molecule has 0 atom stereocenters. The van der Waals surface area contributed by atoms with Gasteiger partial charge >= 0.3 is 0 Å². The molecule has 1 amide bonds. The number of nitrogens with zero attached hydrogens (tertiary/aromatic N) is 4. The molecule has 204 valence electrons. The van der Waals surface area contributed by atoms with Gasteiger partial charge in [-0.15, -0.1) is 11.8 Å². The van der Waals surface area contributed by atoms with Crippen LogP contribution < -0.4 is 15.0 Å². The van der Waals surface area contributed by atoms with Crippen LogP contribution in [0.1, 0.15) is 18.1 Å². The van der Waals surface area contributed by atoms with Crippen molar-refractivity contribution < 1.29 is 14.6 Å². The summed E-state index contributed by atoms with van der Waals surface area (Å²) < 4.78 is 5.59. The standard InChI is InChI=1S/C30H29N5O3S2/c1-3-32-23-11-9-21(17-31)15-24(23)33-30-35(18-20-7-5-4-6-8-20)29(37)28(40-30)26-19-39-27-16-22(38-14-13-36)10-12-25(27)34(26)2/h4-12,15-16,32,36H,3,13-14,18-19H2,1-2H3/b28-26+,33-30?. The Kier molecular flexibility index (Phi) is 8.65. The summed E-state index contributed by atoms with van der Waals surface area (Å²) in [5.41, 5.74) is 4.83. The third-order valence-electron chi connectivity index (χ3n) is 6.44. The monoisotopic (exact) mass is 571 g/mol. The number of ether oxygens (including phenoxy) is 1. The number of hydrogen-bond donors (Lipinski definition) is 2. The molecule has 0 bridgehead atoms. The second kappa shape index (κ2) is 12.5. The minimum Gasteiger partial charge on any atom is -0.491 e. The fourth-order valence-corrected chi connectivity index (χ4v) is 6.84. The molecule has 2 heterocycles. The van der Waals surface area contributed by atoms with E-state index in [-0.39, 0.29) is 19.1 Å². The van der Waals surface area contributed by atoms with Gasteiger partial charge in [-0.2, -0.15) is 5.26 Å². The largest absolute Gasteiger partial charge is 0.491 e. The molecule has 1 saturated heterocycles. The Morgan fingerprint density at radius 3 is 2.73 bits per heavy atom. The molecule has 0 radical (unpaired) electrons. The van der Waals surface area contributed by atoms with Crippen LogP contribution in [0.2, 0.25) is 0 Å². The predicted octanol–water partition coefficient (Wildman–Crippen LogP) is 5.58. The highest BCUT2D eigenvalue weighted by molar-refractivity contribution is 8.18. The zero-order valence-electron chi connectivity index (χ0n) is 22.3. The summed E-state index contributed by atoms with van der Waals surface area (Å²) in [7, 11) is 1.97. The van der Waals surface area contributed by atoms with Gasteiger partial charge < -0.3 is 20.1 Å². The molecule has 0 aliphatic carbocycles. The number of aliphatic imine (C=N–C) groups is 1. The van der Waals surface area contributed by atoms with E-state index < -0.39 is 0 Å². The molecule has 3 aromatic carbocycles. The molecule has 8 nitrogen and oxygen atoms in total. The number of nitrogens with one attached hydrogen (secondary N) is 1. The van der Waals surface area contributed by atoms with Gasteiger partial charge in [0.25, 0.3) is 5.91 Å². The molecule has 0 spiro atoms. The lowest BCUT2D eigenvalue weighted by atomic mass is 10.2. The number of thioether (sulfide) groups is 2. The highest BCUT2D eigenvalue weighted by atomic mass is 32.2. The number of fused-ring (bicyclic) bond motifs is 1. The average molecular weight is 572 g/mol. The molecule has 3 aromatic rings. The second-order valence-electron chi connectivity index (χ2n) is 9.07. The van der Waals surface area contributed by atoms with E-state index in [1.54, 1.807) is 28.8 Å². The first-order valence-electron chi connectivity index (χ1n) is 12.9. The first-order valence-corrected chi connectivity index (χ1v) is 14.7. The van der Waals surface area contributed by atoms with Gasteiger partial charge in [-0.1, -0.05) is 30.3 Å². The number of amides is 1. The summed E-state index contributed by atoms with van der Waals surface area (Å²) in [5.74, 6) is 1.22. The van der Waals surface area contributed by atoms with Crippen LogP contribution in [-0.2, 0) is 11.3 Å². The molecule has 0 unspecified atom stereocenters. The van der Waals surface area contributed by atoms with Crippen LogP contribution in [0.15, 0.2) is 87.2 Å². The van der Waals surface area contributed by atoms with Crippen molar-refractivity contribution in [1.82, 2.24) is 4.90 Å². The van der Waals surface area contributed by atoms with Gasteiger partial charge in [0.05, 0.1) is 41.8 Å². The summed E-state index contributed by atoms with van der Waals surface area (Å²) in [6.45, 7) is 3.29. The molecular formula is C30H29N5O3S2. The van der Waals surface area contributed by atoms with E-state index >= 15 is 0 Å². The number of benzene rings is 3. The van der Waals surface area contributed by atoms with Crippen molar-refractivity contribution in [3.8, 4) is 11.8 Å². The summed E-state index contributed by atoms with van der Waals surface area (Å²) >= 11 is 3.02. The maximum Gasteiger partial charge on any atom is 0.268 e. The van der Waals surface area contributed by atoms with Crippen molar-refractivity contribution in [2.45, 2.75) is 18.4 Å². The Morgan fingerprint density at radius 2 is 1.98 bits per heavy atom. The summed E-state index contributed by atoms with van der Waals surface area (Å²) in [6, 6.07) is 23.2. The Morgan fingerprint density at radius 1 is 1.15 bits per heavy atom. The maximum absolute atomic E-state index is 14.0. The zero-order valence-corrected chi connectivity index (χ0v) is 23.9. The van der Waals surface area contributed by atoms with Gasteiger partial charge in [-0.3, -0.25) is 9.69 Å². The normalized spacial score (nSPS) is 17.6. The summed E-state index contributed by atoms with van der Waals surface area (Å²) in [4.78, 5) is 24.4. The van der Waals surface area contributed by atoms with E-state index in [1.165, 1.54) is 11.8 Å². The first-order chi connectivity index (χ1) is 19.5. The molecule has 2 aliphatic rings. The van der Waals surface area contributed by atoms with Crippen molar-refractivity contribution >= 4 is 51.7 Å². The van der Waals surface area contributed by atoms with Crippen LogP contribution in [-0.4, -0.2) is 53.6 Å². The van der Waals surface area contributed by atoms with Crippen molar-refractivity contribution in [3.05, 3.63) is 88.5 Å². The van der Waals surface area contributed by atoms with E-state index in [4.69, 9.17) is 14.8 Å². The van der Waals surface area contributed by atoms with Gasteiger partial charge in [0.2, 0.25) is 0 Å². The number of carbonyl (C=O) groups excluding carboxylic acids is 1. The third-order valence-corrected chi connectivity index (χ3v) is 8.61. The van der Waals surface area contributed by atoms with Crippen LogP contribution in [0.4, 0.5) is 17.1 Å². The molecule has 5 rings (SSSR count). The Labute approximate surface area is 242 Å². The second-order valence-corrected chi connectivity index (χ2v) is 11.1. The van der Waals surface area contributed by atoms with E-state index in [2.05, 4.69) is 16.3 Å². The maximum atomic E-state index is 14.0. The van der Waals surface area contributed by atoms with Crippen molar-refractivity contribution in [1.29, 1.82) is 5.26 Å². The Balaban J connectivity index is 1.54. The minimum absolute atomic E-state index is 0.0418. The number of amidine groups is 1. The minimum atomic E-state index is -0.0946. The molecule has 0 saturated carbocycles. The predicted molar refractivity (Wildman–Crippen MR) is 162 cm³/mol. The number of aliphatic hydroxyl groups excluding tert-OH is 1. The molecule has 40 heavy (non-hydrogen) atoms. The van der Waals surface area contributed by atoms with Crippen LogP contribution in [0.5, 0.6) is 5.75 Å². The van der Waals surface area contributed by atoms with Crippen LogP contribution >= 0.6 is 23.5 Å². The molecular weight excluding hydrogens is 542 g/mol. The number of rotatable bonds is 8. The van der Waals surface area contributed by atoms with Gasteiger partial charge in [0, 0.05) is 29.9 Å². The SMILES string of the molecule is CCNc1ccc(C#N)cc1N=C1S/C(=C2\CSc3cc(OCCO)ccc3N2C)C(=O)N1Cc1ccccc1. The number of anilines is 2. The fourth-order valence-electron chi connectivity index (χ4n) is 4.45. The van der Waals surface area contributed by atoms with E-state index in [0.29, 0.717) is 45.9 Å². The van der Waals surface area contributed by atoms with Gasteiger partial charge in [0.1, 0.15) is 17.3 Å². The summed E-state index contributed by atoms with van der Waals surface area (Å²) in [5, 5.41) is 22.4. The first kappa shape index (κ1) is 27.6. The number of carbonyl (C=O) groups is 1. The topological polar surface area (TPSA) is 101 Å². The molecule has 2 aliphatic heterocycles. The van der Waals surface area contributed by atoms with E-state index in [0.717, 1.165) is 27.5 Å². The van der Waals surface area contributed by atoms with Crippen LogP contribution in [0.3, 0.4) is 0 Å². The highest BCUT2D eigenvalue weighted by Crippen LogP contribution is 2.45. The van der Waals surface area contributed by atoms with Crippen LogP contribution in [0, 0.1) is 11.3 Å². The number of aliphatic hydroxyl groups is 1. The van der Waals surface area contributed by atoms with Gasteiger partial charge in [-0.05, 0) is 60.6 Å². The molecule has 1 fully saturated rings. The zero-order chi connectivity index (χ0) is 28.1. The lowest BCUT2D eigenvalue weighted by Crippen LogP contribution is -2.30. The molecule has 10 heteroatoms. The van der Waals surface area contributed by atoms with Gasteiger partial charge in [0.15, 0.2) is 5.17 Å². The van der Waals surface area contributed by atoms with E-state index in [9.17, 15) is 10.1 Å². The Hall–Kier alpha value is -3.91. The quantitative estimate of drug-likeness (QED) is 0.338. The fraction of sp³-hybridized carbons (Fsp3) is 0.233. The average Bonchev–Trinajstić information content (AvgIpc) is 3.27. The van der Waals surface area contributed by atoms with Crippen LogP contribution in [0.25, 0.3) is 0 Å². The van der Waals surface area contributed by atoms with Gasteiger partial charge in [-0.25, -0.2) is 4.99 Å². The highest BCUT2D eigenvalue weighted by Gasteiger charge is 2.38. The number of nitriles is 1. The summed E-state index contributed by atoms with van der Waals surface area (Å²) in [6.07, 6.45) is 0. The van der Waals surface area contributed by atoms with Crippen molar-refractivity contribution in [3.63, 3.8) is 0 Å². The Bertz CT molecular complexity index is 1520. The van der Waals surface area contributed by atoms with Crippen molar-refractivity contribution in [2.24, 2.45) is 4.99 Å². The van der Waals surface area contributed by atoms with Crippen molar-refractivity contribution in [2.75, 3.05) is 42.8 Å². The lowest BCUT2D eigenvalue weighted by Gasteiger charge is -2.31. The number of hydrogen-bond acceptors (Lipinski definition) is 9. The third kappa shape index (κ3) is 5.82. The lowest BCUT2D eigenvalue weighted by molar-refractivity contribution is -0.122.